The van der Waals surface area contributed by atoms with Crippen LogP contribution in [-0.2, 0) is 4.79 Å². The van der Waals surface area contributed by atoms with Gasteiger partial charge in [-0.1, -0.05) is 12.5 Å². The Morgan fingerprint density at radius 2 is 2.29 bits per heavy atom. The molecule has 14 heavy (non-hydrogen) atoms. The molecule has 1 rings (SSSR count). The van der Waals surface area contributed by atoms with Crippen LogP contribution in [0.4, 0.5) is 0 Å². The van der Waals surface area contributed by atoms with Gasteiger partial charge in [-0.3, -0.25) is 9.69 Å². The molecule has 1 fully saturated rings. The first kappa shape index (κ1) is 11.2. The van der Waals surface area contributed by atoms with E-state index >= 15 is 0 Å². The summed E-state index contributed by atoms with van der Waals surface area (Å²) in [5, 5.41) is 9.06. The van der Waals surface area contributed by atoms with Crippen LogP contribution in [0.2, 0.25) is 0 Å². The maximum Gasteiger partial charge on any atom is 0.321 e. The van der Waals surface area contributed by atoms with Crippen molar-refractivity contribution in [2.75, 3.05) is 13.1 Å². The van der Waals surface area contributed by atoms with Gasteiger partial charge in [0, 0.05) is 6.54 Å². The minimum atomic E-state index is -0.684. The second-order valence-corrected chi connectivity index (χ2v) is 4.29. The van der Waals surface area contributed by atoms with Crippen molar-refractivity contribution in [2.24, 2.45) is 5.92 Å². The van der Waals surface area contributed by atoms with Crippen LogP contribution in [0.3, 0.4) is 0 Å². The average Bonchev–Trinajstić information content (AvgIpc) is 2.43. The molecule has 80 valence electrons. The van der Waals surface area contributed by atoms with E-state index in [1.165, 1.54) is 0 Å². The molecule has 1 aliphatic heterocycles. The van der Waals surface area contributed by atoms with Crippen LogP contribution in [-0.4, -0.2) is 35.1 Å². The number of hydrogen-bond donors (Lipinski definition) is 1. The molecule has 0 aromatic rings. The van der Waals surface area contributed by atoms with E-state index in [4.69, 9.17) is 5.11 Å². The van der Waals surface area contributed by atoms with Gasteiger partial charge in [0.15, 0.2) is 0 Å². The summed E-state index contributed by atoms with van der Waals surface area (Å²) in [5.41, 5.74) is 1.12. The summed E-state index contributed by atoms with van der Waals surface area (Å²) in [4.78, 5) is 13.1. The Labute approximate surface area is 85.4 Å². The number of rotatable bonds is 4. The summed E-state index contributed by atoms with van der Waals surface area (Å²) >= 11 is 0. The molecule has 0 radical (unpaired) electrons. The second-order valence-electron chi connectivity index (χ2n) is 4.29. The van der Waals surface area contributed by atoms with Crippen LogP contribution in [0.25, 0.3) is 0 Å². The van der Waals surface area contributed by atoms with Crippen molar-refractivity contribution in [3.63, 3.8) is 0 Å². The Bertz CT molecular complexity index is 237. The Morgan fingerprint density at radius 1 is 1.64 bits per heavy atom. The zero-order chi connectivity index (χ0) is 10.7. The van der Waals surface area contributed by atoms with E-state index in [0.717, 1.165) is 31.5 Å². The van der Waals surface area contributed by atoms with Gasteiger partial charge >= 0.3 is 5.97 Å². The van der Waals surface area contributed by atoms with Crippen LogP contribution in [0.1, 0.15) is 26.7 Å². The zero-order valence-corrected chi connectivity index (χ0v) is 8.99. The van der Waals surface area contributed by atoms with Crippen molar-refractivity contribution in [3.05, 3.63) is 12.2 Å². The number of hydrogen-bond acceptors (Lipinski definition) is 2. The fourth-order valence-electron chi connectivity index (χ4n) is 2.01. The lowest BCUT2D eigenvalue weighted by molar-refractivity contribution is -0.143. The van der Waals surface area contributed by atoms with E-state index in [1.807, 2.05) is 13.8 Å². The summed E-state index contributed by atoms with van der Waals surface area (Å²) in [6.07, 6.45) is 1.89. The van der Waals surface area contributed by atoms with Gasteiger partial charge in [-0.25, -0.2) is 0 Å². The molecule has 1 aliphatic rings. The van der Waals surface area contributed by atoms with E-state index in [-0.39, 0.29) is 12.0 Å². The monoisotopic (exact) mass is 197 g/mol. The van der Waals surface area contributed by atoms with Gasteiger partial charge in [0.05, 0.1) is 0 Å². The maximum absolute atomic E-state index is 11.0. The second kappa shape index (κ2) is 4.60. The van der Waals surface area contributed by atoms with Gasteiger partial charge in [-0.05, 0) is 32.2 Å². The van der Waals surface area contributed by atoms with Crippen molar-refractivity contribution in [1.29, 1.82) is 0 Å². The highest BCUT2D eigenvalue weighted by molar-refractivity contribution is 5.74. The first-order valence-electron chi connectivity index (χ1n) is 5.13. The molecule has 1 heterocycles. The molecule has 3 nitrogen and oxygen atoms in total. The Hall–Kier alpha value is -0.830. The Balaban J connectivity index is 2.51. The predicted octanol–water partition coefficient (Wildman–Crippen LogP) is 1.75. The van der Waals surface area contributed by atoms with E-state index in [9.17, 15) is 4.79 Å². The molecule has 1 N–H and O–H groups in total. The summed E-state index contributed by atoms with van der Waals surface area (Å²) in [6, 6.07) is -0.283. The van der Waals surface area contributed by atoms with Crippen LogP contribution in [0, 0.1) is 5.92 Å². The molecule has 0 spiro atoms. The molecule has 0 aromatic carbocycles. The lowest BCUT2D eigenvalue weighted by Crippen LogP contribution is -2.39. The van der Waals surface area contributed by atoms with Gasteiger partial charge in [-0.15, -0.1) is 6.58 Å². The van der Waals surface area contributed by atoms with Crippen LogP contribution < -0.4 is 0 Å². The standard InChI is InChI=1S/C11H19NO2/c1-8(2)4-6-12-7-5-9(3)10(12)11(13)14/h9-10H,1,4-7H2,2-3H3,(H,13,14). The van der Waals surface area contributed by atoms with Crippen molar-refractivity contribution >= 4 is 5.97 Å². The minimum Gasteiger partial charge on any atom is -0.480 e. The first-order chi connectivity index (χ1) is 6.52. The van der Waals surface area contributed by atoms with Crippen molar-refractivity contribution in [1.82, 2.24) is 4.90 Å². The fourth-order valence-corrected chi connectivity index (χ4v) is 2.01. The SMILES string of the molecule is C=C(C)CCN1CCC(C)C1C(=O)O. The summed E-state index contributed by atoms with van der Waals surface area (Å²) in [7, 11) is 0. The molecule has 0 aromatic heterocycles. The Kier molecular flexibility index (Phi) is 3.69. The summed E-state index contributed by atoms with van der Waals surface area (Å²) < 4.78 is 0. The lowest BCUT2D eigenvalue weighted by Gasteiger charge is -2.22. The number of carbonyl (C=O) groups is 1. The molecule has 1 saturated heterocycles. The molecule has 0 bridgehead atoms. The van der Waals surface area contributed by atoms with Gasteiger partial charge < -0.3 is 5.11 Å². The van der Waals surface area contributed by atoms with Crippen molar-refractivity contribution in [3.8, 4) is 0 Å². The number of likely N-dealkylation sites (tertiary alicyclic amines) is 1. The molecule has 3 heteroatoms. The van der Waals surface area contributed by atoms with Crippen LogP contribution >= 0.6 is 0 Å². The highest BCUT2D eigenvalue weighted by atomic mass is 16.4. The molecular weight excluding hydrogens is 178 g/mol. The summed E-state index contributed by atoms with van der Waals surface area (Å²) in [6.45, 7) is 9.56. The number of aliphatic carboxylic acids is 1. The maximum atomic E-state index is 11.0. The van der Waals surface area contributed by atoms with Gasteiger partial charge in [0.25, 0.3) is 0 Å². The number of carboxylic acids is 1. The van der Waals surface area contributed by atoms with E-state index < -0.39 is 5.97 Å². The number of nitrogens with zero attached hydrogens (tertiary/aromatic N) is 1. The largest absolute Gasteiger partial charge is 0.480 e. The zero-order valence-electron chi connectivity index (χ0n) is 8.99. The molecule has 2 unspecified atom stereocenters. The van der Waals surface area contributed by atoms with E-state index in [2.05, 4.69) is 11.5 Å². The van der Waals surface area contributed by atoms with E-state index in [1.54, 1.807) is 0 Å². The summed E-state index contributed by atoms with van der Waals surface area (Å²) in [5.74, 6) is -0.408. The lowest BCUT2D eigenvalue weighted by atomic mass is 10.0. The highest BCUT2D eigenvalue weighted by Crippen LogP contribution is 2.24. The Morgan fingerprint density at radius 3 is 2.79 bits per heavy atom. The van der Waals surface area contributed by atoms with Crippen LogP contribution in [0.15, 0.2) is 12.2 Å². The minimum absolute atomic E-state index is 0.276. The third kappa shape index (κ3) is 2.58. The normalized spacial score (nSPS) is 27.9. The smallest absolute Gasteiger partial charge is 0.321 e. The third-order valence-electron chi connectivity index (χ3n) is 2.88. The fraction of sp³-hybridized carbons (Fsp3) is 0.727. The van der Waals surface area contributed by atoms with Gasteiger partial charge in [0.1, 0.15) is 6.04 Å². The quantitative estimate of drug-likeness (QED) is 0.698. The molecule has 0 aliphatic carbocycles. The van der Waals surface area contributed by atoms with Gasteiger partial charge in [-0.2, -0.15) is 0 Å². The first-order valence-corrected chi connectivity index (χ1v) is 5.13. The van der Waals surface area contributed by atoms with Gasteiger partial charge in [0.2, 0.25) is 0 Å². The van der Waals surface area contributed by atoms with Crippen molar-refractivity contribution < 1.29 is 9.90 Å². The van der Waals surface area contributed by atoms with Crippen molar-refractivity contribution in [2.45, 2.75) is 32.7 Å². The highest BCUT2D eigenvalue weighted by Gasteiger charge is 2.35. The number of carboxylic acid groups (broad SMARTS) is 1. The van der Waals surface area contributed by atoms with Crippen LogP contribution in [0.5, 0.6) is 0 Å². The topological polar surface area (TPSA) is 40.5 Å². The third-order valence-corrected chi connectivity index (χ3v) is 2.88. The molecule has 0 saturated carbocycles. The predicted molar refractivity (Wildman–Crippen MR) is 56.2 cm³/mol. The molecule has 2 atom stereocenters. The van der Waals surface area contributed by atoms with E-state index in [0.29, 0.717) is 0 Å². The molecule has 0 amide bonds. The average molecular weight is 197 g/mol. The molecular formula is C11H19NO2.